The van der Waals surface area contributed by atoms with E-state index in [1.54, 1.807) is 6.33 Å². The highest BCUT2D eigenvalue weighted by Gasteiger charge is 2.41. The van der Waals surface area contributed by atoms with E-state index in [1.807, 2.05) is 0 Å². The molecule has 4 heterocycles. The second-order valence-corrected chi connectivity index (χ2v) is 8.16. The summed E-state index contributed by atoms with van der Waals surface area (Å²) < 4.78 is 5.75. The van der Waals surface area contributed by atoms with Crippen molar-refractivity contribution in [3.63, 3.8) is 0 Å². The summed E-state index contributed by atoms with van der Waals surface area (Å²) in [7, 11) is 0. The van der Waals surface area contributed by atoms with Crippen LogP contribution in [0.4, 0.5) is 0 Å². The maximum Gasteiger partial charge on any atom is 0.222 e. The first-order valence-corrected chi connectivity index (χ1v) is 9.74. The monoisotopic (exact) mass is 346 g/mol. The Morgan fingerprint density at radius 3 is 2.88 bits per heavy atom. The third kappa shape index (κ3) is 3.75. The van der Waals surface area contributed by atoms with Gasteiger partial charge in [-0.25, -0.2) is 4.98 Å². The summed E-state index contributed by atoms with van der Waals surface area (Å²) in [6.07, 6.45) is 8.44. The highest BCUT2D eigenvalue weighted by atomic mass is 16.5. The van der Waals surface area contributed by atoms with Crippen molar-refractivity contribution < 1.29 is 9.53 Å². The van der Waals surface area contributed by atoms with Crippen LogP contribution in [-0.2, 0) is 16.1 Å². The number of nitrogens with one attached hydrogen (secondary N) is 1. The molecule has 0 aromatic carbocycles. The Balaban J connectivity index is 1.33. The van der Waals surface area contributed by atoms with E-state index in [2.05, 4.69) is 26.7 Å². The van der Waals surface area contributed by atoms with Crippen LogP contribution in [0.5, 0.6) is 0 Å². The molecular formula is C19H30N4O2. The van der Waals surface area contributed by atoms with Crippen LogP contribution in [0.1, 0.15) is 49.9 Å². The molecule has 0 aliphatic carbocycles. The second-order valence-electron chi connectivity index (χ2n) is 8.16. The molecule has 138 valence electrons. The molecule has 4 rings (SSSR count). The Hall–Kier alpha value is -1.40. The minimum Gasteiger partial charge on any atom is -0.376 e. The van der Waals surface area contributed by atoms with Gasteiger partial charge in [-0.15, -0.1) is 0 Å². The molecule has 0 radical (unpaired) electrons. The fourth-order valence-corrected chi connectivity index (χ4v) is 4.65. The quantitative estimate of drug-likeness (QED) is 0.907. The third-order valence-corrected chi connectivity index (χ3v) is 6.42. The average Bonchev–Trinajstić information content (AvgIpc) is 3.26. The van der Waals surface area contributed by atoms with E-state index in [0.717, 1.165) is 64.3 Å². The first-order valence-electron chi connectivity index (χ1n) is 9.74. The largest absolute Gasteiger partial charge is 0.376 e. The Bertz CT molecular complexity index is 600. The number of imidazole rings is 1. The van der Waals surface area contributed by atoms with Crippen LogP contribution in [0.3, 0.4) is 0 Å². The first kappa shape index (κ1) is 17.0. The van der Waals surface area contributed by atoms with Crippen LogP contribution in [0.15, 0.2) is 6.33 Å². The Kier molecular flexibility index (Phi) is 4.82. The van der Waals surface area contributed by atoms with Crippen molar-refractivity contribution in [3.8, 4) is 0 Å². The second kappa shape index (κ2) is 7.08. The zero-order valence-corrected chi connectivity index (χ0v) is 15.3. The summed E-state index contributed by atoms with van der Waals surface area (Å²) in [6.45, 7) is 7.83. The molecule has 1 amide bonds. The van der Waals surface area contributed by atoms with Gasteiger partial charge in [0.25, 0.3) is 0 Å². The van der Waals surface area contributed by atoms with Crippen molar-refractivity contribution >= 4 is 5.91 Å². The van der Waals surface area contributed by atoms with Crippen LogP contribution in [-0.4, -0.2) is 64.6 Å². The van der Waals surface area contributed by atoms with Crippen LogP contribution in [0, 0.1) is 12.3 Å². The van der Waals surface area contributed by atoms with Gasteiger partial charge in [-0.1, -0.05) is 0 Å². The summed E-state index contributed by atoms with van der Waals surface area (Å²) in [5.74, 6) is 0.329. The minimum absolute atomic E-state index is 0.266. The Morgan fingerprint density at radius 1 is 1.36 bits per heavy atom. The number of hydrogen-bond donors (Lipinski definition) is 1. The van der Waals surface area contributed by atoms with E-state index >= 15 is 0 Å². The van der Waals surface area contributed by atoms with Crippen molar-refractivity contribution in [1.82, 2.24) is 19.8 Å². The molecule has 0 saturated carbocycles. The topological polar surface area (TPSA) is 61.5 Å². The number of ether oxygens (including phenoxy) is 1. The molecule has 1 spiro atoms. The fraction of sp³-hybridized carbons (Fsp3) is 0.789. The standard InChI is InChI=1S/C19H30N4O2/c1-15-17(21-14-20-15)12-22-8-6-19(7-9-22)5-4-18(24)23(13-19)11-16-3-2-10-25-16/h14,16H,2-13H2,1H3,(H,20,21)/t16-/m0/s1. The minimum atomic E-state index is 0.266. The number of H-pyrrole nitrogens is 1. The number of carbonyl (C=O) groups excluding carboxylic acids is 1. The van der Waals surface area contributed by atoms with E-state index < -0.39 is 0 Å². The fourth-order valence-electron chi connectivity index (χ4n) is 4.65. The molecule has 1 N–H and O–H groups in total. The van der Waals surface area contributed by atoms with Crippen LogP contribution < -0.4 is 0 Å². The zero-order valence-electron chi connectivity index (χ0n) is 15.3. The van der Waals surface area contributed by atoms with Crippen LogP contribution in [0.2, 0.25) is 0 Å². The number of aromatic amines is 1. The van der Waals surface area contributed by atoms with E-state index in [-0.39, 0.29) is 6.10 Å². The Labute approximate surface area is 149 Å². The summed E-state index contributed by atoms with van der Waals surface area (Å²) in [6, 6.07) is 0. The number of rotatable bonds is 4. The van der Waals surface area contributed by atoms with Crippen LogP contribution >= 0.6 is 0 Å². The Morgan fingerprint density at radius 2 is 2.20 bits per heavy atom. The number of nitrogens with zero attached hydrogens (tertiary/aromatic N) is 3. The van der Waals surface area contributed by atoms with Gasteiger partial charge in [-0.2, -0.15) is 0 Å². The number of aromatic nitrogens is 2. The average molecular weight is 346 g/mol. The van der Waals surface area contributed by atoms with E-state index in [9.17, 15) is 4.79 Å². The molecule has 0 unspecified atom stereocenters. The van der Waals surface area contributed by atoms with E-state index in [4.69, 9.17) is 4.74 Å². The number of carbonyl (C=O) groups is 1. The predicted molar refractivity (Wildman–Crippen MR) is 95.1 cm³/mol. The number of hydrogen-bond acceptors (Lipinski definition) is 4. The molecule has 3 aliphatic heterocycles. The highest BCUT2D eigenvalue weighted by molar-refractivity contribution is 5.77. The SMILES string of the molecule is Cc1[nH]cnc1CN1CCC2(CCC(=O)N(C[C@@H]3CCCO3)C2)CC1. The molecule has 6 heteroatoms. The lowest BCUT2D eigenvalue weighted by Crippen LogP contribution is -2.52. The summed E-state index contributed by atoms with van der Waals surface area (Å²) >= 11 is 0. The number of amides is 1. The number of aryl methyl sites for hydroxylation is 1. The maximum atomic E-state index is 12.4. The lowest BCUT2D eigenvalue weighted by atomic mass is 9.72. The first-order chi connectivity index (χ1) is 12.1. The molecule has 1 aromatic heterocycles. The molecule has 3 fully saturated rings. The van der Waals surface area contributed by atoms with Gasteiger partial charge in [-0.3, -0.25) is 9.69 Å². The van der Waals surface area contributed by atoms with Gasteiger partial charge >= 0.3 is 0 Å². The van der Waals surface area contributed by atoms with E-state index in [0.29, 0.717) is 17.7 Å². The molecule has 25 heavy (non-hydrogen) atoms. The lowest BCUT2D eigenvalue weighted by molar-refractivity contribution is -0.141. The zero-order chi connectivity index (χ0) is 17.3. The van der Waals surface area contributed by atoms with Gasteiger partial charge in [0.2, 0.25) is 5.91 Å². The molecule has 1 atom stereocenters. The van der Waals surface area contributed by atoms with Crippen molar-refractivity contribution in [2.45, 2.75) is 58.1 Å². The maximum absolute atomic E-state index is 12.4. The van der Waals surface area contributed by atoms with Crippen molar-refractivity contribution in [1.29, 1.82) is 0 Å². The van der Waals surface area contributed by atoms with Crippen molar-refractivity contribution in [2.24, 2.45) is 5.41 Å². The molecule has 1 aromatic rings. The normalized spacial score (nSPS) is 27.3. The van der Waals surface area contributed by atoms with Gasteiger partial charge in [0.1, 0.15) is 0 Å². The molecule has 0 bridgehead atoms. The van der Waals surface area contributed by atoms with E-state index in [1.165, 1.54) is 18.5 Å². The van der Waals surface area contributed by atoms with Crippen LogP contribution in [0.25, 0.3) is 0 Å². The van der Waals surface area contributed by atoms with Gasteiger partial charge in [0.05, 0.1) is 18.1 Å². The third-order valence-electron chi connectivity index (χ3n) is 6.42. The summed E-state index contributed by atoms with van der Waals surface area (Å²) in [5, 5.41) is 0. The molecule has 6 nitrogen and oxygen atoms in total. The molecule has 3 saturated heterocycles. The smallest absolute Gasteiger partial charge is 0.222 e. The van der Waals surface area contributed by atoms with Crippen molar-refractivity contribution in [2.75, 3.05) is 32.8 Å². The summed E-state index contributed by atoms with van der Waals surface area (Å²) in [4.78, 5) is 24.6. The van der Waals surface area contributed by atoms with Gasteiger partial charge in [0, 0.05) is 38.4 Å². The summed E-state index contributed by atoms with van der Waals surface area (Å²) in [5.41, 5.74) is 2.66. The number of piperidine rings is 2. The highest BCUT2D eigenvalue weighted by Crippen LogP contribution is 2.40. The number of likely N-dealkylation sites (tertiary alicyclic amines) is 2. The molecular weight excluding hydrogens is 316 g/mol. The molecule has 3 aliphatic rings. The van der Waals surface area contributed by atoms with Gasteiger partial charge < -0.3 is 14.6 Å². The van der Waals surface area contributed by atoms with Gasteiger partial charge in [-0.05, 0) is 57.5 Å². The predicted octanol–water partition coefficient (Wildman–Crippen LogP) is 2.10. The van der Waals surface area contributed by atoms with Gasteiger partial charge in [0.15, 0.2) is 0 Å². The lowest BCUT2D eigenvalue weighted by Gasteiger charge is -2.47. The van der Waals surface area contributed by atoms with Crippen molar-refractivity contribution in [3.05, 3.63) is 17.7 Å².